The average Bonchev–Trinajstić information content (AvgIpc) is 2.70. The molecule has 0 aromatic rings. The van der Waals surface area contributed by atoms with Gasteiger partial charge in [-0.25, -0.2) is 4.79 Å². The lowest BCUT2D eigenvalue weighted by atomic mass is 10.2. The molecule has 114 valence electrons. The van der Waals surface area contributed by atoms with E-state index < -0.39 is 12.0 Å². The standard InChI is InChI=1S/C13H23N3O3S/c1-2-12-16(10(9-20-12)13(18)19)11(17)8-15-6-3-4-14-5-7-15/h10,12,14H,2-9H2,1H3,(H,18,19). The number of carboxylic acid groups (broad SMARTS) is 1. The second-order valence-corrected chi connectivity index (χ2v) is 6.44. The Balaban J connectivity index is 1.99. The SMILES string of the molecule is CCC1SCC(C(=O)O)N1C(=O)CN1CCCNCC1. The first-order valence-electron chi connectivity index (χ1n) is 7.22. The number of aliphatic carboxylic acids is 1. The Morgan fingerprint density at radius 2 is 2.15 bits per heavy atom. The van der Waals surface area contributed by atoms with Crippen molar-refractivity contribution in [3.05, 3.63) is 0 Å². The zero-order valence-corrected chi connectivity index (χ0v) is 12.7. The summed E-state index contributed by atoms with van der Waals surface area (Å²) in [6.45, 7) is 5.96. The zero-order valence-electron chi connectivity index (χ0n) is 11.9. The Morgan fingerprint density at radius 3 is 2.85 bits per heavy atom. The maximum atomic E-state index is 12.5. The summed E-state index contributed by atoms with van der Waals surface area (Å²) in [6, 6.07) is -0.664. The third-order valence-corrected chi connectivity index (χ3v) is 5.26. The van der Waals surface area contributed by atoms with Crippen LogP contribution in [0.25, 0.3) is 0 Å². The number of hydrogen-bond donors (Lipinski definition) is 2. The van der Waals surface area contributed by atoms with E-state index in [4.69, 9.17) is 0 Å². The molecule has 0 radical (unpaired) electrons. The Morgan fingerprint density at radius 1 is 1.35 bits per heavy atom. The van der Waals surface area contributed by atoms with Crippen LogP contribution >= 0.6 is 11.8 Å². The van der Waals surface area contributed by atoms with Crippen LogP contribution in [-0.4, -0.2) is 76.7 Å². The molecular formula is C13H23N3O3S. The van der Waals surface area contributed by atoms with Crippen molar-refractivity contribution in [2.45, 2.75) is 31.2 Å². The number of thioether (sulfide) groups is 1. The molecule has 2 rings (SSSR count). The van der Waals surface area contributed by atoms with Crippen molar-refractivity contribution < 1.29 is 14.7 Å². The number of nitrogens with zero attached hydrogens (tertiary/aromatic N) is 2. The topological polar surface area (TPSA) is 72.9 Å². The molecule has 0 aromatic heterocycles. The largest absolute Gasteiger partial charge is 0.480 e. The Kier molecular flexibility index (Phi) is 5.68. The van der Waals surface area contributed by atoms with Crippen LogP contribution in [0, 0.1) is 0 Å². The lowest BCUT2D eigenvalue weighted by Crippen LogP contribution is -2.49. The highest BCUT2D eigenvalue weighted by Gasteiger charge is 2.40. The Hall–Kier alpha value is -0.790. The summed E-state index contributed by atoms with van der Waals surface area (Å²) in [6.07, 6.45) is 1.82. The molecule has 2 atom stereocenters. The van der Waals surface area contributed by atoms with Crippen molar-refractivity contribution in [1.82, 2.24) is 15.1 Å². The summed E-state index contributed by atoms with van der Waals surface area (Å²) < 4.78 is 0. The minimum atomic E-state index is -0.890. The zero-order chi connectivity index (χ0) is 14.5. The fourth-order valence-corrected chi connectivity index (χ4v) is 4.10. The van der Waals surface area contributed by atoms with E-state index in [0.717, 1.165) is 39.0 Å². The summed E-state index contributed by atoms with van der Waals surface area (Å²) >= 11 is 1.57. The molecule has 0 saturated carbocycles. The lowest BCUT2D eigenvalue weighted by molar-refractivity contribution is -0.149. The highest BCUT2D eigenvalue weighted by atomic mass is 32.2. The predicted octanol–water partition coefficient (Wildman–Crippen LogP) is 0.0464. The molecule has 2 heterocycles. The summed E-state index contributed by atoms with van der Waals surface area (Å²) in [7, 11) is 0. The number of amides is 1. The van der Waals surface area contributed by atoms with E-state index in [1.165, 1.54) is 0 Å². The molecule has 2 saturated heterocycles. The van der Waals surface area contributed by atoms with E-state index in [1.54, 1.807) is 16.7 Å². The molecule has 0 bridgehead atoms. The first kappa shape index (κ1) is 15.6. The molecule has 2 fully saturated rings. The average molecular weight is 301 g/mol. The minimum absolute atomic E-state index is 0.00806. The molecular weight excluding hydrogens is 278 g/mol. The fraction of sp³-hybridized carbons (Fsp3) is 0.846. The van der Waals surface area contributed by atoms with Gasteiger partial charge in [0.05, 0.1) is 11.9 Å². The van der Waals surface area contributed by atoms with Crippen LogP contribution in [-0.2, 0) is 9.59 Å². The minimum Gasteiger partial charge on any atom is -0.480 e. The second-order valence-electron chi connectivity index (χ2n) is 5.23. The summed E-state index contributed by atoms with van der Waals surface area (Å²) in [4.78, 5) is 27.5. The third-order valence-electron chi connectivity index (χ3n) is 3.81. The molecule has 2 aliphatic rings. The van der Waals surface area contributed by atoms with Gasteiger partial charge in [0, 0.05) is 18.8 Å². The van der Waals surface area contributed by atoms with Crippen LogP contribution in [0.2, 0.25) is 0 Å². The van der Waals surface area contributed by atoms with Gasteiger partial charge >= 0.3 is 5.97 Å². The van der Waals surface area contributed by atoms with Crippen molar-refractivity contribution in [3.8, 4) is 0 Å². The van der Waals surface area contributed by atoms with Gasteiger partial charge in [0.25, 0.3) is 0 Å². The van der Waals surface area contributed by atoms with Gasteiger partial charge in [-0.1, -0.05) is 6.92 Å². The molecule has 1 amide bonds. The predicted molar refractivity (Wildman–Crippen MR) is 78.7 cm³/mol. The molecule has 0 aliphatic carbocycles. The number of carboxylic acids is 1. The summed E-state index contributed by atoms with van der Waals surface area (Å²) in [5, 5.41) is 12.6. The highest BCUT2D eigenvalue weighted by molar-refractivity contribution is 8.00. The number of nitrogens with one attached hydrogen (secondary N) is 1. The Bertz CT molecular complexity index is 359. The maximum absolute atomic E-state index is 12.5. The van der Waals surface area contributed by atoms with E-state index in [0.29, 0.717) is 12.3 Å². The number of carbonyl (C=O) groups is 2. The monoisotopic (exact) mass is 301 g/mol. The summed E-state index contributed by atoms with van der Waals surface area (Å²) in [5.74, 6) is -0.434. The first-order valence-corrected chi connectivity index (χ1v) is 8.27. The smallest absolute Gasteiger partial charge is 0.327 e. The van der Waals surface area contributed by atoms with Crippen LogP contribution < -0.4 is 5.32 Å². The maximum Gasteiger partial charge on any atom is 0.327 e. The molecule has 2 unspecified atom stereocenters. The van der Waals surface area contributed by atoms with Crippen molar-refractivity contribution in [2.24, 2.45) is 0 Å². The highest BCUT2D eigenvalue weighted by Crippen LogP contribution is 2.31. The lowest BCUT2D eigenvalue weighted by Gasteiger charge is -2.29. The van der Waals surface area contributed by atoms with Crippen LogP contribution in [0.4, 0.5) is 0 Å². The van der Waals surface area contributed by atoms with Gasteiger partial charge in [-0.3, -0.25) is 9.69 Å². The molecule has 0 spiro atoms. The Labute approximate surface area is 123 Å². The van der Waals surface area contributed by atoms with E-state index in [-0.39, 0.29) is 11.3 Å². The molecule has 2 aliphatic heterocycles. The fourth-order valence-electron chi connectivity index (χ4n) is 2.74. The van der Waals surface area contributed by atoms with E-state index >= 15 is 0 Å². The molecule has 7 heteroatoms. The van der Waals surface area contributed by atoms with Gasteiger partial charge in [-0.2, -0.15) is 0 Å². The molecule has 20 heavy (non-hydrogen) atoms. The van der Waals surface area contributed by atoms with Gasteiger partial charge in [-0.15, -0.1) is 11.8 Å². The first-order chi connectivity index (χ1) is 9.63. The van der Waals surface area contributed by atoms with Crippen molar-refractivity contribution in [1.29, 1.82) is 0 Å². The van der Waals surface area contributed by atoms with Crippen molar-refractivity contribution in [2.75, 3.05) is 38.5 Å². The van der Waals surface area contributed by atoms with Crippen LogP contribution in [0.15, 0.2) is 0 Å². The van der Waals surface area contributed by atoms with E-state index in [9.17, 15) is 14.7 Å². The van der Waals surface area contributed by atoms with E-state index in [2.05, 4.69) is 10.2 Å². The summed E-state index contributed by atoms with van der Waals surface area (Å²) in [5.41, 5.74) is 0. The number of carbonyl (C=O) groups excluding carboxylic acids is 1. The van der Waals surface area contributed by atoms with E-state index in [1.807, 2.05) is 6.92 Å². The van der Waals surface area contributed by atoms with Gasteiger partial charge in [0.2, 0.25) is 5.91 Å². The number of hydrogen-bond acceptors (Lipinski definition) is 5. The van der Waals surface area contributed by atoms with Crippen LogP contribution in [0.1, 0.15) is 19.8 Å². The quantitative estimate of drug-likeness (QED) is 0.764. The van der Waals surface area contributed by atoms with Crippen LogP contribution in [0.5, 0.6) is 0 Å². The number of rotatable bonds is 4. The van der Waals surface area contributed by atoms with Gasteiger partial charge in [0.1, 0.15) is 6.04 Å². The normalized spacial score (nSPS) is 28.4. The van der Waals surface area contributed by atoms with Crippen molar-refractivity contribution in [3.63, 3.8) is 0 Å². The molecule has 0 aromatic carbocycles. The van der Waals surface area contributed by atoms with Gasteiger partial charge in [-0.05, 0) is 25.9 Å². The molecule has 2 N–H and O–H groups in total. The van der Waals surface area contributed by atoms with Gasteiger partial charge < -0.3 is 15.3 Å². The second kappa shape index (κ2) is 7.28. The van der Waals surface area contributed by atoms with Gasteiger partial charge in [0.15, 0.2) is 0 Å². The van der Waals surface area contributed by atoms with Crippen molar-refractivity contribution >= 4 is 23.6 Å². The molecule has 6 nitrogen and oxygen atoms in total. The third kappa shape index (κ3) is 3.65. The van der Waals surface area contributed by atoms with Crippen LogP contribution in [0.3, 0.4) is 0 Å².